The minimum absolute atomic E-state index is 0.0582. The molecule has 2 atom stereocenters. The maximum absolute atomic E-state index is 15.3. The smallest absolute Gasteiger partial charge is 0.247 e. The van der Waals surface area contributed by atoms with Crippen molar-refractivity contribution < 1.29 is 18.7 Å². The first kappa shape index (κ1) is 24.3. The lowest BCUT2D eigenvalue weighted by Crippen LogP contribution is -2.39. The molecule has 10 nitrogen and oxygen atoms in total. The third-order valence-electron chi connectivity index (χ3n) is 7.10. The summed E-state index contributed by atoms with van der Waals surface area (Å²) in [6, 6.07) is 3.99. The van der Waals surface area contributed by atoms with Gasteiger partial charge in [-0.15, -0.1) is 5.10 Å². The van der Waals surface area contributed by atoms with E-state index in [1.807, 2.05) is 0 Å². The average Bonchev–Trinajstić information content (AvgIpc) is 3.66. The monoisotopic (exact) mass is 538 g/mol. The molecule has 1 amide bonds. The highest BCUT2D eigenvalue weighted by atomic mass is 35.5. The molecule has 38 heavy (non-hydrogen) atoms. The lowest BCUT2D eigenvalue weighted by atomic mass is 9.92. The number of aromatic nitrogens is 7. The summed E-state index contributed by atoms with van der Waals surface area (Å²) in [7, 11) is 0. The van der Waals surface area contributed by atoms with Crippen molar-refractivity contribution in [1.82, 2.24) is 40.1 Å². The number of rotatable bonds is 5. The third-order valence-corrected chi connectivity index (χ3v) is 7.39. The number of aromatic amines is 1. The summed E-state index contributed by atoms with van der Waals surface area (Å²) < 4.78 is 31.5. The van der Waals surface area contributed by atoms with Crippen molar-refractivity contribution >= 4 is 23.1 Å². The molecule has 0 aliphatic carbocycles. The molecule has 0 saturated carbocycles. The normalized spacial score (nSPS) is 19.1. The van der Waals surface area contributed by atoms with Crippen LogP contribution in [0, 0.1) is 18.6 Å². The topological polar surface area (TPSA) is 126 Å². The summed E-state index contributed by atoms with van der Waals surface area (Å²) >= 11 is 6.10. The number of H-pyrrole nitrogens is 1. The van der Waals surface area contributed by atoms with Crippen LogP contribution in [-0.4, -0.2) is 57.1 Å². The predicted octanol–water partition coefficient (Wildman–Crippen LogP) is 3.70. The van der Waals surface area contributed by atoms with Gasteiger partial charge in [-0.25, -0.2) is 13.8 Å². The van der Waals surface area contributed by atoms with E-state index in [0.717, 1.165) is 0 Å². The van der Waals surface area contributed by atoms with Crippen molar-refractivity contribution in [3.05, 3.63) is 76.2 Å². The fourth-order valence-electron chi connectivity index (χ4n) is 5.40. The van der Waals surface area contributed by atoms with Crippen LogP contribution in [0.15, 0.2) is 36.8 Å². The Morgan fingerprint density at radius 1 is 1.21 bits per heavy atom. The lowest BCUT2D eigenvalue weighted by Gasteiger charge is -2.33. The number of carbonyl (C=O) groups excluding carboxylic acids is 1. The van der Waals surface area contributed by atoms with Crippen molar-refractivity contribution in [1.29, 1.82) is 0 Å². The average molecular weight is 539 g/mol. The van der Waals surface area contributed by atoms with E-state index < -0.39 is 18.2 Å². The molecular weight excluding hydrogens is 518 g/mol. The zero-order valence-electron chi connectivity index (χ0n) is 20.1. The van der Waals surface area contributed by atoms with Gasteiger partial charge in [0.1, 0.15) is 17.8 Å². The second kappa shape index (κ2) is 9.37. The molecular formula is C25H21ClF2N8O2. The molecule has 2 N–H and O–H groups in total. The maximum atomic E-state index is 15.3. The number of tetrazole rings is 1. The van der Waals surface area contributed by atoms with E-state index in [1.165, 1.54) is 35.4 Å². The van der Waals surface area contributed by atoms with Crippen LogP contribution in [0.3, 0.4) is 0 Å². The molecule has 3 aromatic heterocycles. The van der Waals surface area contributed by atoms with E-state index in [0.29, 0.717) is 47.7 Å². The number of hydrogen-bond acceptors (Lipinski definition) is 7. The Hall–Kier alpha value is -4.03. The van der Waals surface area contributed by atoms with Gasteiger partial charge in [-0.1, -0.05) is 11.6 Å². The molecule has 4 aromatic rings. The van der Waals surface area contributed by atoms with E-state index in [4.69, 9.17) is 11.6 Å². The molecule has 2 aliphatic rings. The van der Waals surface area contributed by atoms with Crippen molar-refractivity contribution in [2.75, 3.05) is 0 Å². The van der Waals surface area contributed by atoms with Gasteiger partial charge >= 0.3 is 0 Å². The van der Waals surface area contributed by atoms with Crippen LogP contribution in [0.4, 0.5) is 8.78 Å². The molecule has 13 heteroatoms. The Kier molecular flexibility index (Phi) is 6.00. The van der Waals surface area contributed by atoms with Crippen molar-refractivity contribution in [2.45, 2.75) is 44.9 Å². The fourth-order valence-corrected chi connectivity index (χ4v) is 5.56. The number of nitrogens with one attached hydrogen (secondary N) is 1. The number of pyridine rings is 1. The predicted molar refractivity (Wildman–Crippen MR) is 132 cm³/mol. The molecule has 0 bridgehead atoms. The number of aliphatic hydroxyl groups is 1. The number of halogens is 3. The van der Waals surface area contributed by atoms with Crippen LogP contribution < -0.4 is 0 Å². The van der Waals surface area contributed by atoms with E-state index in [2.05, 4.69) is 30.5 Å². The first-order valence-electron chi connectivity index (χ1n) is 11.9. The number of aliphatic hydroxyl groups excluding tert-OH is 1. The van der Waals surface area contributed by atoms with Gasteiger partial charge in [0.15, 0.2) is 11.6 Å². The first-order valence-corrected chi connectivity index (χ1v) is 12.3. The summed E-state index contributed by atoms with van der Waals surface area (Å²) in [5.41, 5.74) is 2.29. The highest BCUT2D eigenvalue weighted by Crippen LogP contribution is 2.44. The number of fused-ring (bicyclic) bond motifs is 1. The minimum atomic E-state index is -0.644. The molecule has 2 aliphatic heterocycles. The van der Waals surface area contributed by atoms with Crippen LogP contribution in [0.1, 0.15) is 48.1 Å². The summed E-state index contributed by atoms with van der Waals surface area (Å²) in [5, 5.41) is 20.4. The summed E-state index contributed by atoms with van der Waals surface area (Å²) in [6.45, 7) is 1.22. The van der Waals surface area contributed by atoms with Gasteiger partial charge in [0, 0.05) is 29.4 Å². The zero-order valence-corrected chi connectivity index (χ0v) is 20.8. The van der Waals surface area contributed by atoms with E-state index in [1.54, 1.807) is 17.9 Å². The van der Waals surface area contributed by atoms with Gasteiger partial charge in [-0.2, -0.15) is 4.68 Å². The Balaban J connectivity index is 1.35. The van der Waals surface area contributed by atoms with E-state index in [-0.39, 0.29) is 39.8 Å². The first-order chi connectivity index (χ1) is 18.4. The van der Waals surface area contributed by atoms with Crippen molar-refractivity contribution in [3.8, 4) is 16.9 Å². The van der Waals surface area contributed by atoms with Crippen molar-refractivity contribution in [2.24, 2.45) is 0 Å². The number of aryl methyl sites for hydroxylation is 1. The second-order valence-electron chi connectivity index (χ2n) is 9.24. The number of nitrogens with zero attached hydrogens (tertiary/aromatic N) is 7. The Morgan fingerprint density at radius 2 is 2.05 bits per heavy atom. The largest absolute Gasteiger partial charge is 0.390 e. The van der Waals surface area contributed by atoms with Crippen LogP contribution in [0.25, 0.3) is 22.5 Å². The highest BCUT2D eigenvalue weighted by Gasteiger charge is 2.42. The van der Waals surface area contributed by atoms with Crippen LogP contribution in [0.2, 0.25) is 5.02 Å². The van der Waals surface area contributed by atoms with Gasteiger partial charge in [0.2, 0.25) is 5.91 Å². The van der Waals surface area contributed by atoms with Crippen LogP contribution in [-0.2, 0) is 11.4 Å². The Labute approximate surface area is 220 Å². The Morgan fingerprint density at radius 3 is 2.82 bits per heavy atom. The van der Waals surface area contributed by atoms with Crippen LogP contribution >= 0.6 is 11.6 Å². The molecule has 1 fully saturated rings. The second-order valence-corrected chi connectivity index (χ2v) is 9.64. The number of carbonyl (C=O) groups is 1. The highest BCUT2D eigenvalue weighted by molar-refractivity contribution is 6.31. The Bertz CT molecular complexity index is 1590. The van der Waals surface area contributed by atoms with Gasteiger partial charge in [-0.3, -0.25) is 9.78 Å². The summed E-state index contributed by atoms with van der Waals surface area (Å²) in [6.07, 6.45) is 5.89. The van der Waals surface area contributed by atoms with Crippen LogP contribution in [0.5, 0.6) is 0 Å². The summed E-state index contributed by atoms with van der Waals surface area (Å²) in [5.74, 6) is -1.01. The number of imidazole rings is 1. The zero-order chi connectivity index (χ0) is 26.6. The molecule has 0 radical (unpaired) electrons. The standard InChI is InChI=1S/C25H21ClF2N8O2/c1-12-24(15-6-7-29-17(10-37)22(15)27)32-25(31-12)19-4-2-14-8-13(9-20(38)36(14)19)21-18(35-11-30-33-34-35)5-3-16(26)23(21)28/h3,5-7,9,11,14,19,37H,2,4,8,10H2,1H3,(H,31,32)/t14-,19+/m1/s1. The third kappa shape index (κ3) is 3.87. The molecule has 1 aromatic carbocycles. The minimum Gasteiger partial charge on any atom is -0.390 e. The molecule has 0 spiro atoms. The fraction of sp³-hybridized carbons (Fsp3) is 0.280. The number of benzene rings is 1. The number of hydrogen-bond donors (Lipinski definition) is 2. The SMILES string of the molecule is Cc1nc([C@@H]2CC[C@@H]3CC(c4c(-n5cnnn5)ccc(Cl)c4F)=CC(=O)N32)[nH]c1-c1ccnc(CO)c1F. The molecule has 194 valence electrons. The molecule has 6 rings (SSSR count). The van der Waals surface area contributed by atoms with E-state index >= 15 is 4.39 Å². The summed E-state index contributed by atoms with van der Waals surface area (Å²) in [4.78, 5) is 26.9. The number of amides is 1. The van der Waals surface area contributed by atoms with E-state index in [9.17, 15) is 14.3 Å². The maximum Gasteiger partial charge on any atom is 0.247 e. The molecule has 1 saturated heterocycles. The van der Waals surface area contributed by atoms with Crippen molar-refractivity contribution in [3.63, 3.8) is 0 Å². The molecule has 5 heterocycles. The molecule has 0 unspecified atom stereocenters. The van der Waals surface area contributed by atoms with Gasteiger partial charge in [0.05, 0.1) is 34.7 Å². The van der Waals surface area contributed by atoms with Gasteiger partial charge < -0.3 is 15.0 Å². The van der Waals surface area contributed by atoms with Gasteiger partial charge in [0.25, 0.3) is 0 Å². The van der Waals surface area contributed by atoms with Gasteiger partial charge in [-0.05, 0) is 60.4 Å². The lowest BCUT2D eigenvalue weighted by molar-refractivity contribution is -0.129. The quantitative estimate of drug-likeness (QED) is 0.397.